The summed E-state index contributed by atoms with van der Waals surface area (Å²) < 4.78 is 2.38. The fourth-order valence-corrected chi connectivity index (χ4v) is 9.94. The third kappa shape index (κ3) is 6.93. The molecule has 0 aliphatic rings. The van der Waals surface area contributed by atoms with Crippen LogP contribution in [0.4, 0.5) is 17.1 Å². The number of nitrogens with zero attached hydrogens (tertiary/aromatic N) is 2. The van der Waals surface area contributed by atoms with Crippen LogP contribution in [-0.4, -0.2) is 4.57 Å². The van der Waals surface area contributed by atoms with E-state index in [1.807, 2.05) is 0 Å². The van der Waals surface area contributed by atoms with Gasteiger partial charge in [-0.25, -0.2) is 0 Å². The van der Waals surface area contributed by atoms with Crippen molar-refractivity contribution in [1.29, 1.82) is 0 Å². The second kappa shape index (κ2) is 16.8. The minimum atomic E-state index is 1.07. The smallest absolute Gasteiger partial charge is 0.0541 e. The zero-order valence-electron chi connectivity index (χ0n) is 36.3. The lowest BCUT2D eigenvalue weighted by atomic mass is 9.88. The normalized spacial score (nSPS) is 11.3. The van der Waals surface area contributed by atoms with Gasteiger partial charge in [-0.3, -0.25) is 0 Å². The zero-order valence-corrected chi connectivity index (χ0v) is 36.3. The molecule has 11 aromatic carbocycles. The van der Waals surface area contributed by atoms with Crippen molar-refractivity contribution in [2.45, 2.75) is 0 Å². The predicted octanol–water partition coefficient (Wildman–Crippen LogP) is 17.7. The fraction of sp³-hybridized carbons (Fsp3) is 0. The lowest BCUT2D eigenvalue weighted by Crippen LogP contribution is -2.11. The van der Waals surface area contributed by atoms with Crippen molar-refractivity contribution in [2.75, 3.05) is 4.90 Å². The molecule has 0 fully saturated rings. The molecule has 1 aromatic heterocycles. The molecule has 66 heavy (non-hydrogen) atoms. The van der Waals surface area contributed by atoms with Gasteiger partial charge in [-0.1, -0.05) is 212 Å². The van der Waals surface area contributed by atoms with E-state index < -0.39 is 0 Å². The van der Waals surface area contributed by atoms with E-state index in [9.17, 15) is 0 Å². The Kier molecular flexibility index (Phi) is 9.89. The van der Waals surface area contributed by atoms with Gasteiger partial charge in [0.25, 0.3) is 0 Å². The molecule has 1 heterocycles. The van der Waals surface area contributed by atoms with E-state index in [0.29, 0.717) is 0 Å². The number of hydrogen-bond acceptors (Lipinski definition) is 1. The summed E-state index contributed by atoms with van der Waals surface area (Å²) in [6, 6.07) is 96.8. The molecule has 310 valence electrons. The predicted molar refractivity (Wildman–Crippen MR) is 280 cm³/mol. The van der Waals surface area contributed by atoms with Crippen molar-refractivity contribution in [1.82, 2.24) is 4.57 Å². The molecule has 0 atom stereocenters. The van der Waals surface area contributed by atoms with E-state index in [4.69, 9.17) is 0 Å². The van der Waals surface area contributed by atoms with Gasteiger partial charge in [0.15, 0.2) is 0 Å². The highest BCUT2D eigenvalue weighted by atomic mass is 15.1. The Labute approximate surface area is 385 Å². The first-order valence-electron chi connectivity index (χ1n) is 22.7. The van der Waals surface area contributed by atoms with E-state index in [1.54, 1.807) is 0 Å². The molecule has 2 heteroatoms. The average Bonchev–Trinajstić information content (AvgIpc) is 3.74. The molecule has 0 saturated carbocycles. The van der Waals surface area contributed by atoms with Crippen molar-refractivity contribution in [3.63, 3.8) is 0 Å². The van der Waals surface area contributed by atoms with Crippen molar-refractivity contribution in [3.8, 4) is 61.3 Å². The van der Waals surface area contributed by atoms with Crippen molar-refractivity contribution in [2.24, 2.45) is 0 Å². The highest BCUT2D eigenvalue weighted by Gasteiger charge is 2.21. The molecule has 0 bridgehead atoms. The summed E-state index contributed by atoms with van der Waals surface area (Å²) in [5, 5.41) is 5.03. The number of para-hydroxylation sites is 3. The van der Waals surface area contributed by atoms with Gasteiger partial charge in [-0.2, -0.15) is 0 Å². The van der Waals surface area contributed by atoms with Gasteiger partial charge in [0, 0.05) is 33.4 Å². The van der Waals surface area contributed by atoms with Gasteiger partial charge >= 0.3 is 0 Å². The topological polar surface area (TPSA) is 8.17 Å². The Morgan fingerprint density at radius 2 is 0.652 bits per heavy atom. The summed E-state index contributed by atoms with van der Waals surface area (Å²) in [7, 11) is 0. The van der Waals surface area contributed by atoms with Crippen molar-refractivity contribution >= 4 is 49.6 Å². The SMILES string of the molecule is c1ccc(-c2ccccc2-c2ccccc2-c2ccccc2N(c2ccc(-c3ccc(-c4cccc5ccccc45)cc3)cc2)c2ccc(-n3c4ccccc4c4ccccc43)cc2)cc1. The first-order valence-corrected chi connectivity index (χ1v) is 22.7. The van der Waals surface area contributed by atoms with Gasteiger partial charge in [0.1, 0.15) is 0 Å². The third-order valence-electron chi connectivity index (χ3n) is 13.1. The molecule has 12 aromatic rings. The number of fused-ring (bicyclic) bond motifs is 4. The monoisotopic (exact) mass is 840 g/mol. The van der Waals surface area contributed by atoms with Crippen LogP contribution in [0.5, 0.6) is 0 Å². The minimum Gasteiger partial charge on any atom is -0.310 e. The Morgan fingerprint density at radius 3 is 1.30 bits per heavy atom. The Bertz CT molecular complexity index is 3620. The van der Waals surface area contributed by atoms with Crippen LogP contribution in [0.1, 0.15) is 0 Å². The molecule has 2 nitrogen and oxygen atoms in total. The lowest BCUT2D eigenvalue weighted by molar-refractivity contribution is 1.17. The maximum atomic E-state index is 2.41. The van der Waals surface area contributed by atoms with Crippen LogP contribution in [-0.2, 0) is 0 Å². The quantitative estimate of drug-likeness (QED) is 0.141. The van der Waals surface area contributed by atoms with Gasteiger partial charge < -0.3 is 9.47 Å². The summed E-state index contributed by atoms with van der Waals surface area (Å²) in [5.74, 6) is 0. The molecule has 0 spiro atoms. The van der Waals surface area contributed by atoms with E-state index >= 15 is 0 Å². The second-order valence-electron chi connectivity index (χ2n) is 16.8. The van der Waals surface area contributed by atoms with E-state index in [2.05, 4.69) is 276 Å². The number of rotatable bonds is 9. The first-order chi connectivity index (χ1) is 32.8. The lowest BCUT2D eigenvalue weighted by Gasteiger charge is -2.29. The fourth-order valence-electron chi connectivity index (χ4n) is 9.94. The van der Waals surface area contributed by atoms with Gasteiger partial charge in [0.2, 0.25) is 0 Å². The van der Waals surface area contributed by atoms with Crippen molar-refractivity contribution < 1.29 is 0 Å². The van der Waals surface area contributed by atoms with Crippen LogP contribution in [0, 0.1) is 0 Å². The van der Waals surface area contributed by atoms with Crippen LogP contribution in [0.25, 0.3) is 93.9 Å². The van der Waals surface area contributed by atoms with Crippen LogP contribution in [0.15, 0.2) is 267 Å². The van der Waals surface area contributed by atoms with Crippen LogP contribution in [0.3, 0.4) is 0 Å². The number of anilines is 3. The standard InChI is InChI=1S/C64H44N2/c1-2-17-47(18-3-1)55-22-6-7-23-56(55)57-24-8-9-25-58(57)59-26-10-13-30-62(59)65(51-41-43-52(44-42-51)66-63-31-14-11-27-60(63)61-28-12-15-32-64(61)66)50-39-37-46(38-40-50)45-33-35-49(36-34-45)54-29-16-20-48-19-4-5-21-53(48)54/h1-44H. The van der Waals surface area contributed by atoms with Crippen LogP contribution >= 0.6 is 0 Å². The summed E-state index contributed by atoms with van der Waals surface area (Å²) in [5.41, 5.74) is 18.7. The maximum Gasteiger partial charge on any atom is 0.0541 e. The van der Waals surface area contributed by atoms with Gasteiger partial charge in [0.05, 0.1) is 16.7 Å². The highest BCUT2D eigenvalue weighted by molar-refractivity contribution is 6.09. The molecule has 0 radical (unpaired) electrons. The summed E-state index contributed by atoms with van der Waals surface area (Å²) in [6.07, 6.45) is 0. The van der Waals surface area contributed by atoms with Crippen molar-refractivity contribution in [3.05, 3.63) is 267 Å². The second-order valence-corrected chi connectivity index (χ2v) is 16.8. The average molecular weight is 841 g/mol. The number of aromatic nitrogens is 1. The van der Waals surface area contributed by atoms with Gasteiger partial charge in [-0.05, 0) is 115 Å². The van der Waals surface area contributed by atoms with Crippen LogP contribution < -0.4 is 4.90 Å². The first kappa shape index (κ1) is 38.9. The van der Waals surface area contributed by atoms with Gasteiger partial charge in [-0.15, -0.1) is 0 Å². The Morgan fingerprint density at radius 1 is 0.242 bits per heavy atom. The zero-order chi connectivity index (χ0) is 43.8. The molecule has 0 aliphatic heterocycles. The molecule has 0 unspecified atom stereocenters. The van der Waals surface area contributed by atoms with E-state index in [-0.39, 0.29) is 0 Å². The summed E-state index contributed by atoms with van der Waals surface area (Å²) in [4.78, 5) is 2.41. The molecule has 12 rings (SSSR count). The maximum absolute atomic E-state index is 2.41. The largest absolute Gasteiger partial charge is 0.310 e. The number of benzene rings is 11. The van der Waals surface area contributed by atoms with E-state index in [0.717, 1.165) is 28.3 Å². The van der Waals surface area contributed by atoms with Crippen LogP contribution in [0.2, 0.25) is 0 Å². The summed E-state index contributed by atoms with van der Waals surface area (Å²) in [6.45, 7) is 0. The molecular formula is C64H44N2. The Hall–Kier alpha value is -8.72. The minimum absolute atomic E-state index is 1.07. The number of hydrogen-bond donors (Lipinski definition) is 0. The molecule has 0 saturated heterocycles. The van der Waals surface area contributed by atoms with E-state index in [1.165, 1.54) is 82.6 Å². The summed E-state index contributed by atoms with van der Waals surface area (Å²) >= 11 is 0. The molecule has 0 amide bonds. The third-order valence-corrected chi connectivity index (χ3v) is 13.1. The molecule has 0 N–H and O–H groups in total. The molecular weight excluding hydrogens is 797 g/mol. The highest BCUT2D eigenvalue weighted by Crippen LogP contribution is 2.46. The molecule has 0 aliphatic carbocycles. The Balaban J connectivity index is 0.978.